The third-order valence-corrected chi connectivity index (χ3v) is 5.53. The Kier molecular flexibility index (Phi) is 5.89. The number of halogens is 2. The van der Waals surface area contributed by atoms with E-state index in [-0.39, 0.29) is 17.1 Å². The van der Waals surface area contributed by atoms with Gasteiger partial charge in [-0.1, -0.05) is 17.7 Å². The first-order valence-electron chi connectivity index (χ1n) is 10.2. The summed E-state index contributed by atoms with van der Waals surface area (Å²) in [4.78, 5) is 17.4. The lowest BCUT2D eigenvalue weighted by atomic mass is 10.1. The molecule has 0 unspecified atom stereocenters. The van der Waals surface area contributed by atoms with Crippen LogP contribution in [0.3, 0.4) is 0 Å². The lowest BCUT2D eigenvalue weighted by Gasteiger charge is -2.18. The second-order valence-electron chi connectivity index (χ2n) is 7.95. The van der Waals surface area contributed by atoms with Gasteiger partial charge in [-0.2, -0.15) is 0 Å². The summed E-state index contributed by atoms with van der Waals surface area (Å²) in [5.41, 5.74) is 3.96. The van der Waals surface area contributed by atoms with Crippen molar-refractivity contribution >= 4 is 11.6 Å². The minimum atomic E-state index is -0.424. The van der Waals surface area contributed by atoms with Gasteiger partial charge in [0.1, 0.15) is 11.6 Å². The Morgan fingerprint density at radius 2 is 1.84 bits per heavy atom. The Morgan fingerprint density at radius 3 is 2.50 bits per heavy atom. The highest BCUT2D eigenvalue weighted by atomic mass is 35.5. The molecule has 0 saturated carbocycles. The van der Waals surface area contributed by atoms with E-state index in [1.807, 2.05) is 56.7 Å². The van der Waals surface area contributed by atoms with Gasteiger partial charge in [-0.15, -0.1) is 0 Å². The highest BCUT2D eigenvalue weighted by Gasteiger charge is 2.16. The normalized spacial score (nSPS) is 12.1. The van der Waals surface area contributed by atoms with Crippen LogP contribution in [0.15, 0.2) is 66.0 Å². The van der Waals surface area contributed by atoms with E-state index >= 15 is 0 Å². The SMILES string of the molecule is Cc1cc(F)cc([C@H](C)n2cc(Cl)cc(Oc3ccc(-n4cnc(C)c4)c(C)c3)c2=O)c1. The first-order valence-corrected chi connectivity index (χ1v) is 10.6. The second kappa shape index (κ2) is 8.63. The van der Waals surface area contributed by atoms with Gasteiger partial charge < -0.3 is 13.9 Å². The van der Waals surface area contributed by atoms with Crippen LogP contribution in [-0.4, -0.2) is 14.1 Å². The van der Waals surface area contributed by atoms with Gasteiger partial charge in [-0.3, -0.25) is 4.79 Å². The number of hydrogen-bond acceptors (Lipinski definition) is 3. The number of nitrogens with zero attached hydrogens (tertiary/aromatic N) is 3. The molecule has 2 aromatic heterocycles. The van der Waals surface area contributed by atoms with Gasteiger partial charge in [0.25, 0.3) is 5.56 Å². The van der Waals surface area contributed by atoms with Crippen molar-refractivity contribution in [3.8, 4) is 17.2 Å². The maximum absolute atomic E-state index is 13.9. The molecule has 0 radical (unpaired) electrons. The molecule has 1 atom stereocenters. The van der Waals surface area contributed by atoms with E-state index in [1.54, 1.807) is 12.4 Å². The summed E-state index contributed by atoms with van der Waals surface area (Å²) >= 11 is 6.30. The topological polar surface area (TPSA) is 49.0 Å². The molecule has 2 aromatic carbocycles. The van der Waals surface area contributed by atoms with Crippen LogP contribution in [0.5, 0.6) is 11.5 Å². The molecule has 0 fully saturated rings. The van der Waals surface area contributed by atoms with Crippen LogP contribution in [0.4, 0.5) is 4.39 Å². The first-order chi connectivity index (χ1) is 15.2. The van der Waals surface area contributed by atoms with Crippen molar-refractivity contribution in [2.24, 2.45) is 0 Å². The standard InChI is InChI=1S/C25H23ClFN3O2/c1-15-7-19(10-21(27)8-15)18(4)30-13-20(26)11-24(25(30)31)32-22-5-6-23(16(2)9-22)29-12-17(3)28-14-29/h5-14,18H,1-4H3/t18-/m0/s1. The van der Waals surface area contributed by atoms with Gasteiger partial charge in [0, 0.05) is 24.1 Å². The number of benzene rings is 2. The molecular weight excluding hydrogens is 429 g/mol. The molecule has 0 aliphatic heterocycles. The fraction of sp³-hybridized carbons (Fsp3) is 0.200. The zero-order chi connectivity index (χ0) is 23.0. The zero-order valence-electron chi connectivity index (χ0n) is 18.3. The number of hydrogen-bond donors (Lipinski definition) is 0. The monoisotopic (exact) mass is 451 g/mol. The average Bonchev–Trinajstić information content (AvgIpc) is 3.15. The Bertz CT molecular complexity index is 1340. The first kappa shape index (κ1) is 21.8. The summed E-state index contributed by atoms with van der Waals surface area (Å²) in [5.74, 6) is 0.272. The van der Waals surface area contributed by atoms with E-state index in [1.165, 1.54) is 29.0 Å². The number of ether oxygens (including phenoxy) is 1. The van der Waals surface area contributed by atoms with E-state index in [2.05, 4.69) is 4.98 Å². The van der Waals surface area contributed by atoms with Gasteiger partial charge in [0.2, 0.25) is 0 Å². The molecule has 0 amide bonds. The lowest BCUT2D eigenvalue weighted by molar-refractivity contribution is 0.460. The number of aryl methyl sites for hydroxylation is 3. The summed E-state index contributed by atoms with van der Waals surface area (Å²) in [6.45, 7) is 7.52. The predicted molar refractivity (Wildman–Crippen MR) is 124 cm³/mol. The molecule has 0 saturated heterocycles. The van der Waals surface area contributed by atoms with E-state index in [4.69, 9.17) is 16.3 Å². The van der Waals surface area contributed by atoms with Crippen LogP contribution >= 0.6 is 11.6 Å². The van der Waals surface area contributed by atoms with Crippen molar-refractivity contribution in [2.75, 3.05) is 0 Å². The van der Waals surface area contributed by atoms with Crippen LogP contribution in [0.25, 0.3) is 5.69 Å². The number of pyridine rings is 1. The molecule has 4 aromatic rings. The molecule has 2 heterocycles. The van der Waals surface area contributed by atoms with Gasteiger partial charge >= 0.3 is 0 Å². The summed E-state index contributed by atoms with van der Waals surface area (Å²) in [5, 5.41) is 0.349. The Hall–Kier alpha value is -3.38. The molecule has 7 heteroatoms. The largest absolute Gasteiger partial charge is 0.451 e. The Morgan fingerprint density at radius 1 is 1.06 bits per heavy atom. The minimum Gasteiger partial charge on any atom is -0.451 e. The molecular formula is C25H23ClFN3O2. The summed E-state index contributed by atoms with van der Waals surface area (Å²) < 4.78 is 23.2. The number of aromatic nitrogens is 3. The Balaban J connectivity index is 1.67. The predicted octanol–water partition coefficient (Wildman–Crippen LogP) is 6.15. The number of rotatable bonds is 5. The van der Waals surface area contributed by atoms with Crippen LogP contribution in [0.2, 0.25) is 5.02 Å². The molecule has 0 aliphatic carbocycles. The van der Waals surface area contributed by atoms with Gasteiger partial charge in [0.05, 0.1) is 23.1 Å². The molecule has 0 bridgehead atoms. The fourth-order valence-electron chi connectivity index (χ4n) is 3.73. The van der Waals surface area contributed by atoms with Crippen molar-refractivity contribution < 1.29 is 9.13 Å². The third-order valence-electron chi connectivity index (χ3n) is 5.33. The molecule has 32 heavy (non-hydrogen) atoms. The second-order valence-corrected chi connectivity index (χ2v) is 8.38. The highest BCUT2D eigenvalue weighted by Crippen LogP contribution is 2.27. The molecule has 0 N–H and O–H groups in total. The lowest BCUT2D eigenvalue weighted by Crippen LogP contribution is -2.24. The van der Waals surface area contributed by atoms with Crippen molar-refractivity contribution in [1.82, 2.24) is 14.1 Å². The smallest absolute Gasteiger partial charge is 0.294 e. The molecule has 4 rings (SSSR count). The van der Waals surface area contributed by atoms with Crippen molar-refractivity contribution in [2.45, 2.75) is 33.7 Å². The summed E-state index contributed by atoms with van der Waals surface area (Å²) in [6, 6.07) is 11.3. The summed E-state index contributed by atoms with van der Waals surface area (Å²) in [7, 11) is 0. The number of imidazole rings is 1. The van der Waals surface area contributed by atoms with Crippen LogP contribution < -0.4 is 10.3 Å². The highest BCUT2D eigenvalue weighted by molar-refractivity contribution is 6.30. The third kappa shape index (κ3) is 4.46. The minimum absolute atomic E-state index is 0.100. The van der Waals surface area contributed by atoms with Crippen molar-refractivity contribution in [3.05, 3.63) is 105 Å². The van der Waals surface area contributed by atoms with Gasteiger partial charge in [0.15, 0.2) is 5.75 Å². The van der Waals surface area contributed by atoms with Crippen molar-refractivity contribution in [1.29, 1.82) is 0 Å². The molecule has 5 nitrogen and oxygen atoms in total. The van der Waals surface area contributed by atoms with E-state index < -0.39 is 6.04 Å². The zero-order valence-corrected chi connectivity index (χ0v) is 19.0. The maximum Gasteiger partial charge on any atom is 0.294 e. The van der Waals surface area contributed by atoms with E-state index in [9.17, 15) is 9.18 Å². The van der Waals surface area contributed by atoms with Crippen LogP contribution in [0, 0.1) is 26.6 Å². The molecule has 0 aliphatic rings. The quantitative estimate of drug-likeness (QED) is 0.365. The van der Waals surface area contributed by atoms with Crippen LogP contribution in [0.1, 0.15) is 35.3 Å². The van der Waals surface area contributed by atoms with E-state index in [0.717, 1.165) is 22.5 Å². The molecule has 164 valence electrons. The summed E-state index contributed by atoms with van der Waals surface area (Å²) in [6.07, 6.45) is 5.23. The van der Waals surface area contributed by atoms with Crippen LogP contribution in [-0.2, 0) is 0 Å². The fourth-order valence-corrected chi connectivity index (χ4v) is 3.94. The maximum atomic E-state index is 13.9. The average molecular weight is 452 g/mol. The van der Waals surface area contributed by atoms with E-state index in [0.29, 0.717) is 16.3 Å². The molecule has 0 spiro atoms. The van der Waals surface area contributed by atoms with Crippen molar-refractivity contribution in [3.63, 3.8) is 0 Å². The Labute approximate surface area is 190 Å². The van der Waals surface area contributed by atoms with Gasteiger partial charge in [-0.05, 0) is 74.7 Å². The van der Waals surface area contributed by atoms with Gasteiger partial charge in [-0.25, -0.2) is 9.37 Å².